The summed E-state index contributed by atoms with van der Waals surface area (Å²) < 4.78 is 0. The van der Waals surface area contributed by atoms with E-state index in [1.54, 1.807) is 11.8 Å². The number of hydrogen-bond acceptors (Lipinski definition) is 4. The standard InChI is InChI=1S/C22H24N4/c1-2-7-17(8-3-1)12-14-24-22-20-11-5-4-10-19(20)21(25-26-22)15-18-9-6-13-23-16-18/h4-7,9-11,13,16H,1-3,8,12,14-15H2,(H,24,26). The number of nitrogens with zero attached hydrogens (tertiary/aromatic N) is 3. The van der Waals surface area contributed by atoms with E-state index in [4.69, 9.17) is 0 Å². The lowest BCUT2D eigenvalue weighted by molar-refractivity contribution is 0.679. The van der Waals surface area contributed by atoms with Gasteiger partial charge in [0.1, 0.15) is 0 Å². The van der Waals surface area contributed by atoms with Gasteiger partial charge in [0.25, 0.3) is 0 Å². The van der Waals surface area contributed by atoms with E-state index in [-0.39, 0.29) is 0 Å². The van der Waals surface area contributed by atoms with Crippen LogP contribution < -0.4 is 5.32 Å². The van der Waals surface area contributed by atoms with Crippen molar-refractivity contribution in [2.45, 2.75) is 38.5 Å². The summed E-state index contributed by atoms with van der Waals surface area (Å²) in [6, 6.07) is 12.4. The third-order valence-corrected chi connectivity index (χ3v) is 4.98. The SMILES string of the molecule is C1=C(CCNc2nnc(Cc3cccnc3)c3ccccc23)CCCC1. The Balaban J connectivity index is 1.53. The van der Waals surface area contributed by atoms with Gasteiger partial charge in [-0.1, -0.05) is 42.0 Å². The molecule has 0 saturated carbocycles. The first kappa shape index (κ1) is 16.7. The first-order chi connectivity index (χ1) is 12.9. The van der Waals surface area contributed by atoms with Crippen molar-refractivity contribution in [3.05, 3.63) is 71.7 Å². The summed E-state index contributed by atoms with van der Waals surface area (Å²) in [4.78, 5) is 4.20. The van der Waals surface area contributed by atoms with Gasteiger partial charge >= 0.3 is 0 Å². The van der Waals surface area contributed by atoms with E-state index in [1.165, 1.54) is 25.7 Å². The van der Waals surface area contributed by atoms with Crippen molar-refractivity contribution in [2.75, 3.05) is 11.9 Å². The van der Waals surface area contributed by atoms with Crippen LogP contribution >= 0.6 is 0 Å². The number of anilines is 1. The molecular formula is C22H24N4. The van der Waals surface area contributed by atoms with E-state index < -0.39 is 0 Å². The van der Waals surface area contributed by atoms with Gasteiger partial charge in [-0.3, -0.25) is 4.98 Å². The number of pyridine rings is 1. The average molecular weight is 344 g/mol. The first-order valence-electron chi connectivity index (χ1n) is 9.45. The van der Waals surface area contributed by atoms with Crippen molar-refractivity contribution in [1.29, 1.82) is 0 Å². The lowest BCUT2D eigenvalue weighted by Crippen LogP contribution is -2.08. The second kappa shape index (κ2) is 8.09. The Hall–Kier alpha value is -2.75. The van der Waals surface area contributed by atoms with Gasteiger partial charge in [-0.05, 0) is 43.7 Å². The molecule has 0 aliphatic heterocycles. The molecular weight excluding hydrogens is 320 g/mol. The van der Waals surface area contributed by atoms with E-state index in [2.05, 4.69) is 56.9 Å². The zero-order chi connectivity index (χ0) is 17.6. The molecule has 0 fully saturated rings. The highest BCUT2D eigenvalue weighted by Crippen LogP contribution is 2.25. The van der Waals surface area contributed by atoms with Gasteiger partial charge in [0.05, 0.1) is 5.69 Å². The Morgan fingerprint density at radius 1 is 0.962 bits per heavy atom. The molecule has 0 radical (unpaired) electrons. The molecule has 0 unspecified atom stereocenters. The van der Waals surface area contributed by atoms with Gasteiger partial charge in [0, 0.05) is 36.1 Å². The summed E-state index contributed by atoms with van der Waals surface area (Å²) >= 11 is 0. The first-order valence-corrected chi connectivity index (χ1v) is 9.45. The largest absolute Gasteiger partial charge is 0.368 e. The van der Waals surface area contributed by atoms with Gasteiger partial charge in [-0.15, -0.1) is 5.10 Å². The molecule has 0 spiro atoms. The highest BCUT2D eigenvalue weighted by molar-refractivity contribution is 5.93. The highest BCUT2D eigenvalue weighted by Gasteiger charge is 2.10. The van der Waals surface area contributed by atoms with E-state index in [0.29, 0.717) is 0 Å². The third-order valence-electron chi connectivity index (χ3n) is 4.98. The predicted molar refractivity (Wildman–Crippen MR) is 106 cm³/mol. The van der Waals surface area contributed by atoms with Gasteiger partial charge in [-0.2, -0.15) is 5.10 Å². The Morgan fingerprint density at radius 3 is 2.69 bits per heavy atom. The molecule has 0 bridgehead atoms. The molecule has 0 atom stereocenters. The van der Waals surface area contributed by atoms with Crippen molar-refractivity contribution in [1.82, 2.24) is 15.2 Å². The van der Waals surface area contributed by atoms with Crippen LogP contribution in [0.5, 0.6) is 0 Å². The second-order valence-electron chi connectivity index (χ2n) is 6.86. The minimum absolute atomic E-state index is 0.745. The van der Waals surface area contributed by atoms with Crippen LogP contribution in [0.15, 0.2) is 60.4 Å². The zero-order valence-electron chi connectivity index (χ0n) is 15.0. The Morgan fingerprint density at radius 2 is 1.88 bits per heavy atom. The van der Waals surface area contributed by atoms with E-state index in [0.717, 1.165) is 47.2 Å². The molecule has 1 aliphatic rings. The molecule has 1 aromatic carbocycles. The molecule has 2 aromatic heterocycles. The van der Waals surface area contributed by atoms with Gasteiger partial charge in [0.2, 0.25) is 0 Å². The topological polar surface area (TPSA) is 50.7 Å². The monoisotopic (exact) mass is 344 g/mol. The van der Waals surface area contributed by atoms with Crippen LogP contribution in [0.3, 0.4) is 0 Å². The van der Waals surface area contributed by atoms with Crippen LogP contribution in [0.2, 0.25) is 0 Å². The maximum absolute atomic E-state index is 4.51. The Kier molecular flexibility index (Phi) is 5.19. The van der Waals surface area contributed by atoms with Crippen LogP contribution in [0, 0.1) is 0 Å². The van der Waals surface area contributed by atoms with Crippen molar-refractivity contribution < 1.29 is 0 Å². The third kappa shape index (κ3) is 3.90. The Labute approximate surface area is 154 Å². The molecule has 1 aliphatic carbocycles. The zero-order valence-corrected chi connectivity index (χ0v) is 15.0. The summed E-state index contributed by atoms with van der Waals surface area (Å²) in [6.07, 6.45) is 13.1. The normalized spacial score (nSPS) is 14.2. The maximum atomic E-state index is 4.51. The Bertz CT molecular complexity index is 902. The molecule has 26 heavy (non-hydrogen) atoms. The number of hydrogen-bond donors (Lipinski definition) is 1. The van der Waals surface area contributed by atoms with Gasteiger partial charge < -0.3 is 5.32 Å². The van der Waals surface area contributed by atoms with Gasteiger partial charge in [0.15, 0.2) is 5.82 Å². The number of allylic oxidation sites excluding steroid dienone is 1. The summed E-state index contributed by atoms with van der Waals surface area (Å²) in [7, 11) is 0. The average Bonchev–Trinajstić information content (AvgIpc) is 2.71. The van der Waals surface area contributed by atoms with Crippen molar-refractivity contribution in [2.24, 2.45) is 0 Å². The maximum Gasteiger partial charge on any atom is 0.156 e. The lowest BCUT2D eigenvalue weighted by atomic mass is 9.97. The predicted octanol–water partition coefficient (Wildman–Crippen LogP) is 4.92. The second-order valence-corrected chi connectivity index (χ2v) is 6.86. The van der Waals surface area contributed by atoms with Crippen molar-refractivity contribution >= 4 is 16.6 Å². The number of fused-ring (bicyclic) bond motifs is 1. The molecule has 3 aromatic rings. The fraction of sp³-hybridized carbons (Fsp3) is 0.318. The lowest BCUT2D eigenvalue weighted by Gasteiger charge is -2.14. The summed E-state index contributed by atoms with van der Waals surface area (Å²) in [5.41, 5.74) is 3.72. The highest BCUT2D eigenvalue weighted by atomic mass is 15.2. The number of aromatic nitrogens is 3. The molecule has 0 saturated heterocycles. The summed E-state index contributed by atoms with van der Waals surface area (Å²) in [5.74, 6) is 0.881. The van der Waals surface area contributed by atoms with Crippen LogP contribution in [0.25, 0.3) is 10.8 Å². The van der Waals surface area contributed by atoms with E-state index >= 15 is 0 Å². The minimum atomic E-state index is 0.745. The molecule has 1 N–H and O–H groups in total. The molecule has 132 valence electrons. The van der Waals surface area contributed by atoms with E-state index in [9.17, 15) is 0 Å². The van der Waals surface area contributed by atoms with Gasteiger partial charge in [-0.25, -0.2) is 0 Å². The van der Waals surface area contributed by atoms with E-state index in [1.807, 2.05) is 12.3 Å². The van der Waals surface area contributed by atoms with Crippen LogP contribution in [-0.2, 0) is 6.42 Å². The quantitative estimate of drug-likeness (QED) is 0.645. The number of benzene rings is 1. The molecule has 4 nitrogen and oxygen atoms in total. The molecule has 4 rings (SSSR count). The fourth-order valence-corrected chi connectivity index (χ4v) is 3.59. The summed E-state index contributed by atoms with van der Waals surface area (Å²) in [5, 5.41) is 14.8. The molecule has 0 amide bonds. The van der Waals surface area contributed by atoms with Crippen LogP contribution in [-0.4, -0.2) is 21.7 Å². The number of nitrogens with one attached hydrogen (secondary N) is 1. The summed E-state index contributed by atoms with van der Waals surface area (Å²) in [6.45, 7) is 0.909. The fourth-order valence-electron chi connectivity index (χ4n) is 3.59. The van der Waals surface area contributed by atoms with Crippen LogP contribution in [0.4, 0.5) is 5.82 Å². The van der Waals surface area contributed by atoms with Crippen molar-refractivity contribution in [3.8, 4) is 0 Å². The van der Waals surface area contributed by atoms with Crippen LogP contribution in [0.1, 0.15) is 43.4 Å². The van der Waals surface area contributed by atoms with Crippen molar-refractivity contribution in [3.63, 3.8) is 0 Å². The smallest absolute Gasteiger partial charge is 0.156 e. The molecule has 2 heterocycles. The minimum Gasteiger partial charge on any atom is -0.368 e. The molecule has 4 heteroatoms. The number of rotatable bonds is 6.